The first-order chi connectivity index (χ1) is 7.26. The van der Waals surface area contributed by atoms with Gasteiger partial charge in [0.15, 0.2) is 11.5 Å². The van der Waals surface area contributed by atoms with Gasteiger partial charge in [0, 0.05) is 20.7 Å². The Kier molecular flexibility index (Phi) is 4.09. The Morgan fingerprint density at radius 2 is 2.12 bits per heavy atom. The highest BCUT2D eigenvalue weighted by atomic mass is 79.9. The van der Waals surface area contributed by atoms with Crippen molar-refractivity contribution in [1.29, 1.82) is 0 Å². The highest BCUT2D eigenvalue weighted by Crippen LogP contribution is 2.38. The summed E-state index contributed by atoms with van der Waals surface area (Å²) in [6.45, 7) is 1.76. The van der Waals surface area contributed by atoms with Crippen molar-refractivity contribution < 1.29 is 18.3 Å². The van der Waals surface area contributed by atoms with E-state index < -0.39 is 14.8 Å². The average molecular weight is 330 g/mol. The lowest BCUT2D eigenvalue weighted by molar-refractivity contribution is 0.370. The van der Waals surface area contributed by atoms with Crippen molar-refractivity contribution in [2.45, 2.75) is 12.7 Å². The molecular weight excluding hydrogens is 320 g/mol. The second kappa shape index (κ2) is 4.81. The van der Waals surface area contributed by atoms with E-state index in [1.165, 1.54) is 7.11 Å². The number of hydrogen-bond donors (Lipinski definition) is 1. The maximum absolute atomic E-state index is 11.0. The SMILES string of the molecule is COc1cc(C)c(Br)c(CS(=O)(=O)Cl)c1O. The van der Waals surface area contributed by atoms with Crippen molar-refractivity contribution in [2.75, 3.05) is 7.11 Å². The minimum atomic E-state index is -3.74. The van der Waals surface area contributed by atoms with Crippen molar-refractivity contribution >= 4 is 35.7 Å². The monoisotopic (exact) mass is 328 g/mol. The zero-order chi connectivity index (χ0) is 12.5. The molecule has 1 N–H and O–H groups in total. The lowest BCUT2D eigenvalue weighted by atomic mass is 10.1. The van der Waals surface area contributed by atoms with Gasteiger partial charge in [0.2, 0.25) is 9.05 Å². The van der Waals surface area contributed by atoms with Crippen LogP contribution in [0.3, 0.4) is 0 Å². The van der Waals surface area contributed by atoms with Crippen LogP contribution in [0, 0.1) is 6.92 Å². The fourth-order valence-corrected chi connectivity index (χ4v) is 2.86. The van der Waals surface area contributed by atoms with E-state index in [-0.39, 0.29) is 17.1 Å². The minimum absolute atomic E-state index is 0.201. The molecule has 90 valence electrons. The predicted octanol–water partition coefficient (Wildman–Crippen LogP) is 2.54. The number of benzene rings is 1. The molecule has 0 bridgehead atoms. The van der Waals surface area contributed by atoms with Crippen LogP contribution < -0.4 is 4.74 Å². The molecule has 0 aliphatic rings. The average Bonchev–Trinajstić information content (AvgIpc) is 2.17. The normalized spacial score (nSPS) is 11.5. The quantitative estimate of drug-likeness (QED) is 0.866. The summed E-state index contributed by atoms with van der Waals surface area (Å²) in [5, 5.41) is 9.78. The second-order valence-corrected chi connectivity index (χ2v) is 6.79. The van der Waals surface area contributed by atoms with Crippen molar-refractivity contribution in [1.82, 2.24) is 0 Å². The first kappa shape index (κ1) is 13.6. The molecule has 0 atom stereocenters. The first-order valence-corrected chi connectivity index (χ1v) is 7.50. The van der Waals surface area contributed by atoms with Crippen LogP contribution in [0.5, 0.6) is 11.5 Å². The van der Waals surface area contributed by atoms with E-state index in [0.29, 0.717) is 4.47 Å². The van der Waals surface area contributed by atoms with E-state index in [1.54, 1.807) is 13.0 Å². The summed E-state index contributed by atoms with van der Waals surface area (Å²) in [5.74, 6) is -0.459. The molecule has 0 unspecified atom stereocenters. The van der Waals surface area contributed by atoms with E-state index in [9.17, 15) is 13.5 Å². The van der Waals surface area contributed by atoms with Crippen molar-refractivity contribution in [2.24, 2.45) is 0 Å². The van der Waals surface area contributed by atoms with Gasteiger partial charge in [-0.1, -0.05) is 15.9 Å². The fourth-order valence-electron chi connectivity index (χ4n) is 1.28. The first-order valence-electron chi connectivity index (χ1n) is 4.23. The van der Waals surface area contributed by atoms with Gasteiger partial charge in [-0.15, -0.1) is 0 Å². The van der Waals surface area contributed by atoms with Gasteiger partial charge in [-0.25, -0.2) is 8.42 Å². The van der Waals surface area contributed by atoms with Crippen LogP contribution in [-0.2, 0) is 14.8 Å². The summed E-state index contributed by atoms with van der Waals surface area (Å²) in [4.78, 5) is 0. The molecule has 0 aliphatic heterocycles. The fraction of sp³-hybridized carbons (Fsp3) is 0.333. The molecule has 1 rings (SSSR count). The minimum Gasteiger partial charge on any atom is -0.504 e. The standard InChI is InChI=1S/C9H10BrClO4S/c1-5-3-7(15-2)9(12)6(8(5)10)4-16(11,13)14/h3,12H,4H2,1-2H3. The Morgan fingerprint density at radius 3 is 2.56 bits per heavy atom. The molecule has 0 saturated heterocycles. The second-order valence-electron chi connectivity index (χ2n) is 3.22. The summed E-state index contributed by atoms with van der Waals surface area (Å²) in [6.07, 6.45) is 0. The van der Waals surface area contributed by atoms with Gasteiger partial charge in [-0.3, -0.25) is 0 Å². The summed E-state index contributed by atoms with van der Waals surface area (Å²) in [5.41, 5.74) is 0.955. The Balaban J connectivity index is 3.42. The van der Waals surface area contributed by atoms with Crippen LogP contribution in [0.4, 0.5) is 0 Å². The summed E-state index contributed by atoms with van der Waals surface area (Å²) in [7, 11) is 2.81. The van der Waals surface area contributed by atoms with Crippen LogP contribution in [-0.4, -0.2) is 20.6 Å². The molecule has 1 aromatic rings. The molecular formula is C9H10BrClO4S. The number of aromatic hydroxyl groups is 1. The summed E-state index contributed by atoms with van der Waals surface area (Å²) >= 11 is 3.21. The van der Waals surface area contributed by atoms with E-state index in [0.717, 1.165) is 5.56 Å². The number of ether oxygens (including phenoxy) is 1. The Morgan fingerprint density at radius 1 is 1.56 bits per heavy atom. The van der Waals surface area contributed by atoms with Crippen LogP contribution >= 0.6 is 26.6 Å². The Labute approximate surface area is 107 Å². The van der Waals surface area contributed by atoms with Crippen LogP contribution in [0.15, 0.2) is 10.5 Å². The molecule has 1 aromatic carbocycles. The number of halogens is 2. The van der Waals surface area contributed by atoms with Crippen LogP contribution in [0.2, 0.25) is 0 Å². The van der Waals surface area contributed by atoms with Gasteiger partial charge < -0.3 is 9.84 Å². The number of methoxy groups -OCH3 is 1. The molecule has 16 heavy (non-hydrogen) atoms. The van der Waals surface area contributed by atoms with Crippen molar-refractivity contribution in [3.8, 4) is 11.5 Å². The highest BCUT2D eigenvalue weighted by Gasteiger charge is 2.19. The van der Waals surface area contributed by atoms with Crippen molar-refractivity contribution in [3.63, 3.8) is 0 Å². The van der Waals surface area contributed by atoms with E-state index in [4.69, 9.17) is 15.4 Å². The molecule has 0 fully saturated rings. The van der Waals surface area contributed by atoms with Crippen LogP contribution in [0.1, 0.15) is 11.1 Å². The van der Waals surface area contributed by atoms with Gasteiger partial charge in [0.25, 0.3) is 0 Å². The third-order valence-electron chi connectivity index (χ3n) is 2.01. The summed E-state index contributed by atoms with van der Waals surface area (Å²) in [6, 6.07) is 1.60. The molecule has 0 amide bonds. The van der Waals surface area contributed by atoms with E-state index in [1.807, 2.05) is 0 Å². The molecule has 0 heterocycles. The third-order valence-corrected chi connectivity index (χ3v) is 4.08. The lowest BCUT2D eigenvalue weighted by Crippen LogP contribution is -1.99. The van der Waals surface area contributed by atoms with Crippen LogP contribution in [0.25, 0.3) is 0 Å². The zero-order valence-electron chi connectivity index (χ0n) is 8.62. The predicted molar refractivity (Wildman–Crippen MR) is 65.6 cm³/mol. The number of hydrogen-bond acceptors (Lipinski definition) is 4. The summed E-state index contributed by atoms with van der Waals surface area (Å²) < 4.78 is 27.5. The number of phenolic OH excluding ortho intramolecular Hbond substituents is 1. The van der Waals surface area contributed by atoms with Gasteiger partial charge in [0.05, 0.1) is 12.9 Å². The van der Waals surface area contributed by atoms with Crippen molar-refractivity contribution in [3.05, 3.63) is 21.7 Å². The number of rotatable bonds is 3. The van der Waals surface area contributed by atoms with Gasteiger partial charge in [0.1, 0.15) is 0 Å². The number of phenols is 1. The lowest BCUT2D eigenvalue weighted by Gasteiger charge is -2.12. The highest BCUT2D eigenvalue weighted by molar-refractivity contribution is 9.10. The van der Waals surface area contributed by atoms with Gasteiger partial charge >= 0.3 is 0 Å². The molecule has 0 spiro atoms. The molecule has 0 radical (unpaired) electrons. The Bertz CT molecular complexity index is 513. The molecule has 0 saturated carbocycles. The molecule has 7 heteroatoms. The molecule has 0 aromatic heterocycles. The number of aryl methyl sites for hydroxylation is 1. The van der Waals surface area contributed by atoms with Gasteiger partial charge in [-0.2, -0.15) is 0 Å². The van der Waals surface area contributed by atoms with Gasteiger partial charge in [-0.05, 0) is 18.6 Å². The molecule has 4 nitrogen and oxygen atoms in total. The molecule has 0 aliphatic carbocycles. The largest absolute Gasteiger partial charge is 0.504 e. The van der Waals surface area contributed by atoms with E-state index in [2.05, 4.69) is 15.9 Å². The third kappa shape index (κ3) is 3.02. The Hall–Kier alpha value is -0.460. The topological polar surface area (TPSA) is 63.6 Å². The smallest absolute Gasteiger partial charge is 0.236 e. The zero-order valence-corrected chi connectivity index (χ0v) is 11.8. The maximum Gasteiger partial charge on any atom is 0.236 e. The maximum atomic E-state index is 11.0. The van der Waals surface area contributed by atoms with E-state index >= 15 is 0 Å².